The molecule has 94 valence electrons. The Morgan fingerprint density at radius 2 is 2.17 bits per heavy atom. The van der Waals surface area contributed by atoms with Crippen molar-refractivity contribution in [1.29, 1.82) is 0 Å². The van der Waals surface area contributed by atoms with Crippen LogP contribution in [0.1, 0.15) is 26.2 Å². The number of nitrogens with zero attached hydrogens (tertiary/aromatic N) is 1. The largest absolute Gasteiger partial charge is 0.397 e. The summed E-state index contributed by atoms with van der Waals surface area (Å²) in [5.74, 6) is 0.745. The van der Waals surface area contributed by atoms with Crippen LogP contribution in [-0.2, 0) is 0 Å². The molecule has 1 fully saturated rings. The molecule has 2 atom stereocenters. The molecule has 18 heavy (non-hydrogen) atoms. The molecule has 0 saturated heterocycles. The molecule has 0 bridgehead atoms. The minimum atomic E-state index is 0.581. The summed E-state index contributed by atoms with van der Waals surface area (Å²) in [6, 6.07) is 8.64. The highest BCUT2D eigenvalue weighted by atomic mass is 14.9. The Balaban J connectivity index is 1.99. The number of aromatic nitrogens is 1. The molecule has 3 heteroatoms. The van der Waals surface area contributed by atoms with Gasteiger partial charge >= 0.3 is 0 Å². The third kappa shape index (κ3) is 1.90. The topological polar surface area (TPSA) is 50.9 Å². The number of fused-ring (bicyclic) bond motifs is 1. The summed E-state index contributed by atoms with van der Waals surface area (Å²) in [6.45, 7) is 2.32. The fourth-order valence-electron chi connectivity index (χ4n) is 2.88. The van der Waals surface area contributed by atoms with Gasteiger partial charge in [-0.3, -0.25) is 4.98 Å². The van der Waals surface area contributed by atoms with Crippen molar-refractivity contribution in [2.75, 3.05) is 11.1 Å². The zero-order chi connectivity index (χ0) is 12.5. The van der Waals surface area contributed by atoms with Crippen LogP contribution in [-0.4, -0.2) is 11.0 Å². The molecule has 3 rings (SSSR count). The first-order valence-corrected chi connectivity index (χ1v) is 6.65. The number of nitrogen functional groups attached to an aromatic ring is 1. The quantitative estimate of drug-likeness (QED) is 0.792. The Morgan fingerprint density at radius 3 is 2.94 bits per heavy atom. The third-order valence-electron chi connectivity index (χ3n) is 4.00. The lowest BCUT2D eigenvalue weighted by molar-refractivity contribution is 0.557. The Labute approximate surface area is 107 Å². The van der Waals surface area contributed by atoms with E-state index in [1.807, 2.05) is 12.1 Å². The summed E-state index contributed by atoms with van der Waals surface area (Å²) in [5.41, 5.74) is 8.77. The van der Waals surface area contributed by atoms with E-state index in [-0.39, 0.29) is 0 Å². The van der Waals surface area contributed by atoms with E-state index < -0.39 is 0 Å². The van der Waals surface area contributed by atoms with Crippen LogP contribution in [0.2, 0.25) is 0 Å². The van der Waals surface area contributed by atoms with Crippen molar-refractivity contribution in [3.8, 4) is 0 Å². The number of hydrogen-bond acceptors (Lipinski definition) is 3. The van der Waals surface area contributed by atoms with Gasteiger partial charge in [-0.25, -0.2) is 0 Å². The SMILES string of the molecule is CC1CCCC1Nc1ccc(N)c2ncccc12. The van der Waals surface area contributed by atoms with E-state index in [0.29, 0.717) is 6.04 Å². The highest BCUT2D eigenvalue weighted by Crippen LogP contribution is 2.32. The number of anilines is 2. The number of rotatable bonds is 2. The highest BCUT2D eigenvalue weighted by molar-refractivity contribution is 5.98. The first-order chi connectivity index (χ1) is 8.75. The summed E-state index contributed by atoms with van der Waals surface area (Å²) in [5, 5.41) is 4.79. The second-order valence-corrected chi connectivity index (χ2v) is 5.26. The maximum absolute atomic E-state index is 5.97. The maximum Gasteiger partial charge on any atom is 0.0951 e. The van der Waals surface area contributed by atoms with Gasteiger partial charge in [0.2, 0.25) is 0 Å². The molecule has 2 unspecified atom stereocenters. The van der Waals surface area contributed by atoms with Crippen LogP contribution >= 0.6 is 0 Å². The minimum absolute atomic E-state index is 0.581. The monoisotopic (exact) mass is 241 g/mol. The van der Waals surface area contributed by atoms with Gasteiger partial charge in [0.25, 0.3) is 0 Å². The van der Waals surface area contributed by atoms with Gasteiger partial charge in [0.1, 0.15) is 0 Å². The van der Waals surface area contributed by atoms with Gasteiger partial charge in [-0.2, -0.15) is 0 Å². The van der Waals surface area contributed by atoms with Crippen molar-refractivity contribution >= 4 is 22.3 Å². The van der Waals surface area contributed by atoms with Crippen LogP contribution in [0.4, 0.5) is 11.4 Å². The van der Waals surface area contributed by atoms with Gasteiger partial charge in [0.05, 0.1) is 11.2 Å². The minimum Gasteiger partial charge on any atom is -0.397 e. The second kappa shape index (κ2) is 4.48. The molecule has 0 spiro atoms. The van der Waals surface area contributed by atoms with Crippen LogP contribution in [0.15, 0.2) is 30.5 Å². The number of nitrogens with two attached hydrogens (primary N) is 1. The molecule has 0 radical (unpaired) electrons. The average Bonchev–Trinajstić information content (AvgIpc) is 2.79. The van der Waals surface area contributed by atoms with Gasteiger partial charge in [0.15, 0.2) is 0 Å². The maximum atomic E-state index is 5.97. The molecular weight excluding hydrogens is 222 g/mol. The number of benzene rings is 1. The van der Waals surface area contributed by atoms with Gasteiger partial charge in [-0.1, -0.05) is 13.3 Å². The summed E-state index contributed by atoms with van der Waals surface area (Å²) < 4.78 is 0. The van der Waals surface area contributed by atoms with Crippen LogP contribution in [0.5, 0.6) is 0 Å². The van der Waals surface area contributed by atoms with Crippen molar-refractivity contribution in [3.63, 3.8) is 0 Å². The fraction of sp³-hybridized carbons (Fsp3) is 0.400. The lowest BCUT2D eigenvalue weighted by atomic mass is 10.0. The van der Waals surface area contributed by atoms with Crippen molar-refractivity contribution in [1.82, 2.24) is 4.98 Å². The van der Waals surface area contributed by atoms with E-state index in [9.17, 15) is 0 Å². The predicted octanol–water partition coefficient (Wildman–Crippen LogP) is 3.42. The molecule has 1 aromatic carbocycles. The Morgan fingerprint density at radius 1 is 1.28 bits per heavy atom. The standard InChI is InChI=1S/C15H19N3/c1-10-4-2-6-13(10)18-14-8-7-12(16)15-11(14)5-3-9-17-15/h3,5,7-10,13,18H,2,4,6,16H2,1H3. The Kier molecular flexibility index (Phi) is 2.82. The molecule has 0 aliphatic heterocycles. The average molecular weight is 241 g/mol. The van der Waals surface area contributed by atoms with E-state index in [1.165, 1.54) is 19.3 Å². The van der Waals surface area contributed by atoms with Crippen molar-refractivity contribution in [2.45, 2.75) is 32.2 Å². The number of pyridine rings is 1. The van der Waals surface area contributed by atoms with E-state index in [0.717, 1.165) is 28.2 Å². The summed E-state index contributed by atoms with van der Waals surface area (Å²) in [7, 11) is 0. The summed E-state index contributed by atoms with van der Waals surface area (Å²) >= 11 is 0. The molecule has 3 N–H and O–H groups in total. The van der Waals surface area contributed by atoms with Crippen LogP contribution in [0.25, 0.3) is 10.9 Å². The smallest absolute Gasteiger partial charge is 0.0951 e. The van der Waals surface area contributed by atoms with E-state index in [4.69, 9.17) is 5.73 Å². The van der Waals surface area contributed by atoms with Gasteiger partial charge in [-0.05, 0) is 43.0 Å². The van der Waals surface area contributed by atoms with Gasteiger partial charge < -0.3 is 11.1 Å². The molecule has 1 saturated carbocycles. The molecule has 2 aromatic rings. The Bertz CT molecular complexity index is 565. The van der Waals surface area contributed by atoms with E-state index in [1.54, 1.807) is 6.20 Å². The fourth-order valence-corrected chi connectivity index (χ4v) is 2.88. The zero-order valence-electron chi connectivity index (χ0n) is 10.7. The second-order valence-electron chi connectivity index (χ2n) is 5.26. The van der Waals surface area contributed by atoms with Crippen LogP contribution in [0, 0.1) is 5.92 Å². The first-order valence-electron chi connectivity index (χ1n) is 6.65. The van der Waals surface area contributed by atoms with Crippen molar-refractivity contribution in [2.24, 2.45) is 5.92 Å². The third-order valence-corrected chi connectivity index (χ3v) is 4.00. The molecular formula is C15H19N3. The zero-order valence-corrected chi connectivity index (χ0v) is 10.7. The van der Waals surface area contributed by atoms with E-state index in [2.05, 4.69) is 29.4 Å². The molecule has 1 aromatic heterocycles. The Hall–Kier alpha value is -1.77. The summed E-state index contributed by atoms with van der Waals surface area (Å²) in [6.07, 6.45) is 5.70. The highest BCUT2D eigenvalue weighted by Gasteiger charge is 2.23. The normalized spacial score (nSPS) is 23.4. The van der Waals surface area contributed by atoms with Crippen LogP contribution < -0.4 is 11.1 Å². The van der Waals surface area contributed by atoms with Gasteiger partial charge in [-0.15, -0.1) is 0 Å². The van der Waals surface area contributed by atoms with Gasteiger partial charge in [0, 0.05) is 23.3 Å². The summed E-state index contributed by atoms with van der Waals surface area (Å²) in [4.78, 5) is 4.37. The molecule has 1 aliphatic rings. The van der Waals surface area contributed by atoms with Crippen molar-refractivity contribution < 1.29 is 0 Å². The molecule has 1 aliphatic carbocycles. The van der Waals surface area contributed by atoms with Crippen LogP contribution in [0.3, 0.4) is 0 Å². The number of hydrogen-bond donors (Lipinski definition) is 2. The molecule has 1 heterocycles. The molecule has 3 nitrogen and oxygen atoms in total. The molecule has 0 amide bonds. The van der Waals surface area contributed by atoms with E-state index >= 15 is 0 Å². The number of nitrogens with one attached hydrogen (secondary N) is 1. The first kappa shape index (κ1) is 11.3. The lowest BCUT2D eigenvalue weighted by Gasteiger charge is -2.20. The predicted molar refractivity (Wildman–Crippen MR) is 76.6 cm³/mol. The lowest BCUT2D eigenvalue weighted by Crippen LogP contribution is -2.21. The van der Waals surface area contributed by atoms with Crippen molar-refractivity contribution in [3.05, 3.63) is 30.5 Å².